The summed E-state index contributed by atoms with van der Waals surface area (Å²) in [6, 6.07) is 1.96. The van der Waals surface area contributed by atoms with E-state index >= 15 is 0 Å². The molecular formula is C15H18N2O4S. The van der Waals surface area contributed by atoms with E-state index in [2.05, 4.69) is 0 Å². The monoisotopic (exact) mass is 322 g/mol. The van der Waals surface area contributed by atoms with Crippen molar-refractivity contribution in [2.75, 3.05) is 12.3 Å². The highest BCUT2D eigenvalue weighted by atomic mass is 32.1. The molecule has 0 aromatic carbocycles. The second-order valence-electron chi connectivity index (χ2n) is 5.07. The van der Waals surface area contributed by atoms with E-state index in [0.29, 0.717) is 5.56 Å². The number of hydrogen-bond donors (Lipinski definition) is 1. The van der Waals surface area contributed by atoms with E-state index in [-0.39, 0.29) is 40.5 Å². The summed E-state index contributed by atoms with van der Waals surface area (Å²) in [6.07, 6.45) is 3.73. The van der Waals surface area contributed by atoms with Crippen molar-refractivity contribution < 1.29 is 19.1 Å². The van der Waals surface area contributed by atoms with Crippen molar-refractivity contribution in [3.63, 3.8) is 0 Å². The molecular weight excluding hydrogens is 304 g/mol. The average molecular weight is 322 g/mol. The average Bonchev–Trinajstić information content (AvgIpc) is 3.12. The summed E-state index contributed by atoms with van der Waals surface area (Å²) in [4.78, 5) is 24.1. The largest absolute Gasteiger partial charge is 0.462 e. The van der Waals surface area contributed by atoms with Gasteiger partial charge in [0.05, 0.1) is 18.1 Å². The summed E-state index contributed by atoms with van der Waals surface area (Å²) in [5.74, 6) is -0.902. The lowest BCUT2D eigenvalue weighted by Gasteiger charge is -2.10. The molecule has 2 rings (SSSR count). The Morgan fingerprint density at radius 3 is 2.64 bits per heavy atom. The number of hydrogen-bond acceptors (Lipinski definition) is 7. The molecule has 1 heterocycles. The lowest BCUT2D eigenvalue weighted by atomic mass is 10.1. The molecule has 1 aliphatic rings. The molecule has 0 aliphatic heterocycles. The number of nitriles is 1. The highest BCUT2D eigenvalue weighted by molar-refractivity contribution is 7.18. The van der Waals surface area contributed by atoms with E-state index in [1.807, 2.05) is 6.07 Å². The predicted octanol–water partition coefficient (Wildman–Crippen LogP) is 2.61. The van der Waals surface area contributed by atoms with Crippen molar-refractivity contribution in [2.24, 2.45) is 5.92 Å². The second kappa shape index (κ2) is 7.27. The van der Waals surface area contributed by atoms with Gasteiger partial charge in [-0.05, 0) is 19.8 Å². The molecule has 22 heavy (non-hydrogen) atoms. The zero-order valence-electron chi connectivity index (χ0n) is 12.4. The lowest BCUT2D eigenvalue weighted by molar-refractivity contribution is -0.149. The van der Waals surface area contributed by atoms with Crippen LogP contribution in [0.1, 0.15) is 53.4 Å². The maximum atomic E-state index is 12.0. The van der Waals surface area contributed by atoms with Crippen LogP contribution in [-0.2, 0) is 20.9 Å². The minimum Gasteiger partial charge on any atom is -0.462 e. The molecule has 1 fully saturated rings. The number of nitrogens with zero attached hydrogens (tertiary/aromatic N) is 1. The van der Waals surface area contributed by atoms with Crippen LogP contribution in [0.3, 0.4) is 0 Å². The Labute approximate surface area is 132 Å². The van der Waals surface area contributed by atoms with Gasteiger partial charge >= 0.3 is 11.9 Å². The first-order valence-electron chi connectivity index (χ1n) is 7.23. The van der Waals surface area contributed by atoms with Crippen LogP contribution in [0.15, 0.2) is 0 Å². The molecule has 0 atom stereocenters. The van der Waals surface area contributed by atoms with Crippen LogP contribution in [0.5, 0.6) is 0 Å². The topological polar surface area (TPSA) is 102 Å². The van der Waals surface area contributed by atoms with E-state index in [0.717, 1.165) is 37.0 Å². The van der Waals surface area contributed by atoms with Gasteiger partial charge in [-0.2, -0.15) is 5.26 Å². The quantitative estimate of drug-likeness (QED) is 0.836. The maximum Gasteiger partial charge on any atom is 0.348 e. The fraction of sp³-hybridized carbons (Fsp3) is 0.533. The van der Waals surface area contributed by atoms with Gasteiger partial charge < -0.3 is 15.2 Å². The number of nitrogens with two attached hydrogens (primary N) is 1. The van der Waals surface area contributed by atoms with E-state index < -0.39 is 5.97 Å². The van der Waals surface area contributed by atoms with Crippen molar-refractivity contribution in [1.82, 2.24) is 0 Å². The summed E-state index contributed by atoms with van der Waals surface area (Å²) < 4.78 is 10.2. The summed E-state index contributed by atoms with van der Waals surface area (Å²) in [5.41, 5.74) is 6.29. The Hall–Kier alpha value is -2.07. The van der Waals surface area contributed by atoms with E-state index in [1.165, 1.54) is 0 Å². The van der Waals surface area contributed by atoms with Crippen molar-refractivity contribution in [3.8, 4) is 6.07 Å². The molecule has 1 aromatic heterocycles. The Kier molecular flexibility index (Phi) is 5.39. The van der Waals surface area contributed by atoms with Gasteiger partial charge in [-0.3, -0.25) is 4.79 Å². The highest BCUT2D eigenvalue weighted by Gasteiger charge is 2.27. The number of ether oxygens (including phenoxy) is 2. The molecule has 0 amide bonds. The van der Waals surface area contributed by atoms with Crippen LogP contribution in [0.4, 0.5) is 5.00 Å². The van der Waals surface area contributed by atoms with Crippen molar-refractivity contribution in [3.05, 3.63) is 16.0 Å². The molecule has 0 unspecified atom stereocenters. The van der Waals surface area contributed by atoms with Crippen LogP contribution in [0.25, 0.3) is 0 Å². The SMILES string of the molecule is CCOC(=O)c1sc(N)c(C#N)c1COC(=O)C1CCCC1. The third kappa shape index (κ3) is 3.39. The normalized spacial score (nSPS) is 14.5. The fourth-order valence-electron chi connectivity index (χ4n) is 2.53. The first-order chi connectivity index (χ1) is 10.6. The van der Waals surface area contributed by atoms with E-state index in [4.69, 9.17) is 15.2 Å². The standard InChI is InChI=1S/C15H18N2O4S/c1-2-20-15(19)12-11(10(7-16)13(17)22-12)8-21-14(18)9-5-3-4-6-9/h9H,2-6,8,17H2,1H3. The van der Waals surface area contributed by atoms with Crippen molar-refractivity contribution >= 4 is 28.3 Å². The van der Waals surface area contributed by atoms with Crippen LogP contribution in [-0.4, -0.2) is 18.5 Å². The van der Waals surface area contributed by atoms with E-state index in [1.54, 1.807) is 6.92 Å². The van der Waals surface area contributed by atoms with E-state index in [9.17, 15) is 14.9 Å². The van der Waals surface area contributed by atoms with Gasteiger partial charge in [0.15, 0.2) is 0 Å². The number of esters is 2. The van der Waals surface area contributed by atoms with Crippen molar-refractivity contribution in [2.45, 2.75) is 39.2 Å². The lowest BCUT2D eigenvalue weighted by Crippen LogP contribution is -2.15. The fourth-order valence-corrected chi connectivity index (χ4v) is 3.45. The van der Waals surface area contributed by atoms with Gasteiger partial charge in [-0.1, -0.05) is 12.8 Å². The smallest absolute Gasteiger partial charge is 0.348 e. The molecule has 2 N–H and O–H groups in total. The molecule has 0 spiro atoms. The number of carbonyl (C=O) groups excluding carboxylic acids is 2. The maximum absolute atomic E-state index is 12.0. The Bertz CT molecular complexity index is 612. The molecule has 6 nitrogen and oxygen atoms in total. The van der Waals surface area contributed by atoms with Gasteiger partial charge in [0, 0.05) is 5.56 Å². The Balaban J connectivity index is 2.15. The number of nitrogen functional groups attached to an aromatic ring is 1. The van der Waals surface area contributed by atoms with Crippen LogP contribution in [0, 0.1) is 17.2 Å². The first-order valence-corrected chi connectivity index (χ1v) is 8.05. The van der Waals surface area contributed by atoms with Gasteiger partial charge in [0.1, 0.15) is 22.6 Å². The van der Waals surface area contributed by atoms with Crippen molar-refractivity contribution in [1.29, 1.82) is 5.26 Å². The first kappa shape index (κ1) is 16.3. The number of thiophene rings is 1. The minimum atomic E-state index is -0.549. The molecule has 1 aliphatic carbocycles. The molecule has 118 valence electrons. The summed E-state index contributed by atoms with van der Waals surface area (Å²) in [6.45, 7) is 1.79. The van der Waals surface area contributed by atoms with Crippen LogP contribution < -0.4 is 5.73 Å². The number of rotatable bonds is 5. The Morgan fingerprint density at radius 2 is 2.05 bits per heavy atom. The third-order valence-electron chi connectivity index (χ3n) is 3.65. The Morgan fingerprint density at radius 1 is 1.36 bits per heavy atom. The van der Waals surface area contributed by atoms with Crippen LogP contribution in [0.2, 0.25) is 0 Å². The molecule has 1 aromatic rings. The number of anilines is 1. The van der Waals surface area contributed by atoms with Gasteiger partial charge in [0.2, 0.25) is 0 Å². The molecule has 1 saturated carbocycles. The molecule has 7 heteroatoms. The highest BCUT2D eigenvalue weighted by Crippen LogP contribution is 2.32. The molecule has 0 saturated heterocycles. The van der Waals surface area contributed by atoms with Gasteiger partial charge in [0.25, 0.3) is 0 Å². The van der Waals surface area contributed by atoms with Crippen LogP contribution >= 0.6 is 11.3 Å². The second-order valence-corrected chi connectivity index (χ2v) is 6.12. The predicted molar refractivity (Wildman–Crippen MR) is 81.2 cm³/mol. The molecule has 0 bridgehead atoms. The summed E-state index contributed by atoms with van der Waals surface area (Å²) in [7, 11) is 0. The number of carbonyl (C=O) groups is 2. The zero-order valence-corrected chi connectivity index (χ0v) is 13.2. The third-order valence-corrected chi connectivity index (χ3v) is 4.70. The van der Waals surface area contributed by atoms with Gasteiger partial charge in [-0.25, -0.2) is 4.79 Å². The van der Waals surface area contributed by atoms with Gasteiger partial charge in [-0.15, -0.1) is 11.3 Å². The summed E-state index contributed by atoms with van der Waals surface area (Å²) >= 11 is 0.987. The zero-order chi connectivity index (χ0) is 16.1. The minimum absolute atomic E-state index is 0.0763. The summed E-state index contributed by atoms with van der Waals surface area (Å²) in [5, 5.41) is 9.42. The molecule has 0 radical (unpaired) electrons.